The number of hydrogen-bond donors (Lipinski definition) is 0. The van der Waals surface area contributed by atoms with Crippen LogP contribution in [-0.2, 0) is 13.7 Å². The van der Waals surface area contributed by atoms with Crippen molar-refractivity contribution in [1.82, 2.24) is 0 Å². The maximum Gasteiger partial charge on any atom is 0.524 e. The van der Waals surface area contributed by atoms with Gasteiger partial charge in [-0.2, -0.15) is 25.2 Å². The fourth-order valence-electron chi connectivity index (χ4n) is 2.78. The molecule has 0 unspecified atom stereocenters. The molecule has 0 amide bonds. The predicted octanol–water partition coefficient (Wildman–Crippen LogP) is 6.58. The van der Waals surface area contributed by atoms with Crippen LogP contribution in [0.3, 0.4) is 0 Å². The first-order chi connectivity index (χ1) is 15.1. The van der Waals surface area contributed by atoms with Gasteiger partial charge in [-0.1, -0.05) is 0 Å². The summed E-state index contributed by atoms with van der Waals surface area (Å²) in [5.74, 6) is -8.73. The van der Waals surface area contributed by atoms with Crippen molar-refractivity contribution in [3.05, 3.63) is 89.5 Å². The van der Waals surface area contributed by atoms with E-state index in [1.807, 2.05) is 0 Å². The zero-order valence-electron chi connectivity index (χ0n) is 15.6. The van der Waals surface area contributed by atoms with Gasteiger partial charge in [0, 0.05) is 32.9 Å². The van der Waals surface area contributed by atoms with E-state index in [1.165, 1.54) is 0 Å². The first-order valence-electron chi connectivity index (χ1n) is 8.38. The third-order valence-electron chi connectivity index (χ3n) is 3.98. The lowest BCUT2D eigenvalue weighted by molar-refractivity contribution is -0.0496. The standard InChI is InChI=1S/C19H9F9O3S2/c20-10-1-11(21)5-16(4-10)32(31-33(29,30)19(26,27)28,17-6-12(22)2-13(23)7-17)18-8-14(24)3-15(25)9-18/h1-9H. The van der Waals surface area contributed by atoms with Crippen LogP contribution in [0.5, 0.6) is 0 Å². The van der Waals surface area contributed by atoms with Gasteiger partial charge in [-0.3, -0.25) is 0 Å². The van der Waals surface area contributed by atoms with Crippen molar-refractivity contribution >= 4 is 20.4 Å². The van der Waals surface area contributed by atoms with Gasteiger partial charge >= 0.3 is 15.6 Å². The average molecular weight is 520 g/mol. The van der Waals surface area contributed by atoms with Gasteiger partial charge in [0.1, 0.15) is 34.9 Å². The molecule has 3 nitrogen and oxygen atoms in total. The molecule has 0 N–H and O–H groups in total. The van der Waals surface area contributed by atoms with Gasteiger partial charge < -0.3 is 0 Å². The Morgan fingerprint density at radius 2 is 0.758 bits per heavy atom. The summed E-state index contributed by atoms with van der Waals surface area (Å²) in [7, 11) is -11.4. The molecule has 0 aliphatic heterocycles. The van der Waals surface area contributed by atoms with E-state index in [2.05, 4.69) is 3.63 Å². The summed E-state index contributed by atoms with van der Waals surface area (Å²) in [6.45, 7) is 0. The molecule has 3 rings (SSSR count). The Labute approximate surface area is 182 Å². The lowest BCUT2D eigenvalue weighted by Gasteiger charge is -2.39. The van der Waals surface area contributed by atoms with Crippen molar-refractivity contribution in [2.45, 2.75) is 20.2 Å². The third kappa shape index (κ3) is 4.96. The number of halogens is 9. The summed E-state index contributed by atoms with van der Waals surface area (Å²) in [6.07, 6.45) is 0. The molecule has 14 heteroatoms. The molecule has 0 heterocycles. The summed E-state index contributed by atoms with van der Waals surface area (Å²) >= 11 is 0. The summed E-state index contributed by atoms with van der Waals surface area (Å²) in [5, 5.41) is 0. The van der Waals surface area contributed by atoms with Gasteiger partial charge in [0.2, 0.25) is 0 Å². The highest BCUT2D eigenvalue weighted by Crippen LogP contribution is 2.71. The average Bonchev–Trinajstić information content (AvgIpc) is 2.62. The minimum Gasteiger partial charge on any atom is -0.207 e. The van der Waals surface area contributed by atoms with Crippen molar-refractivity contribution in [3.8, 4) is 0 Å². The largest absolute Gasteiger partial charge is 0.524 e. The molecule has 0 saturated carbocycles. The van der Waals surface area contributed by atoms with Crippen LogP contribution in [0.4, 0.5) is 39.5 Å². The van der Waals surface area contributed by atoms with Crippen LogP contribution in [0.2, 0.25) is 0 Å². The van der Waals surface area contributed by atoms with E-state index in [0.717, 1.165) is 0 Å². The highest BCUT2D eigenvalue weighted by molar-refractivity contribution is 8.33. The topological polar surface area (TPSA) is 43.4 Å². The Balaban J connectivity index is 2.56. The molecule has 0 bridgehead atoms. The SMILES string of the molecule is O=S(=O)(OS(c1cc(F)cc(F)c1)(c1cc(F)cc(F)c1)c1cc(F)cc(F)c1)C(F)(F)F. The van der Waals surface area contributed by atoms with E-state index in [1.54, 1.807) is 0 Å². The fraction of sp³-hybridized carbons (Fsp3) is 0.0526. The third-order valence-corrected chi connectivity index (χ3v) is 8.78. The van der Waals surface area contributed by atoms with Gasteiger partial charge in [0.05, 0.1) is 0 Å². The smallest absolute Gasteiger partial charge is 0.207 e. The zero-order valence-corrected chi connectivity index (χ0v) is 17.3. The number of benzene rings is 3. The summed E-state index contributed by atoms with van der Waals surface area (Å²) in [5.41, 5.74) is -6.13. The van der Waals surface area contributed by atoms with E-state index < -0.39 is 75.5 Å². The molecule has 0 aromatic heterocycles. The summed E-state index contributed by atoms with van der Waals surface area (Å²) in [4.78, 5) is -3.08. The van der Waals surface area contributed by atoms with E-state index in [4.69, 9.17) is 0 Å². The Morgan fingerprint density at radius 3 is 0.970 bits per heavy atom. The summed E-state index contributed by atoms with van der Waals surface area (Å²) in [6, 6.07) is 2.66. The predicted molar refractivity (Wildman–Crippen MR) is 97.5 cm³/mol. The van der Waals surface area contributed by atoms with Crippen LogP contribution in [0.25, 0.3) is 0 Å². The molecule has 3 aromatic carbocycles. The van der Waals surface area contributed by atoms with Crippen LogP contribution in [0.15, 0.2) is 69.3 Å². The Morgan fingerprint density at radius 1 is 0.515 bits per heavy atom. The highest BCUT2D eigenvalue weighted by Gasteiger charge is 2.53. The second-order valence-corrected chi connectivity index (χ2v) is 10.8. The monoisotopic (exact) mass is 520 g/mol. The normalized spacial score (nSPS) is 13.2. The van der Waals surface area contributed by atoms with Crippen molar-refractivity contribution < 1.29 is 51.6 Å². The molecule has 0 fully saturated rings. The maximum absolute atomic E-state index is 14.0. The molecule has 0 radical (unpaired) electrons. The van der Waals surface area contributed by atoms with E-state index in [9.17, 15) is 47.9 Å². The van der Waals surface area contributed by atoms with Gasteiger partial charge in [0.15, 0.2) is 0 Å². The van der Waals surface area contributed by atoms with Crippen LogP contribution < -0.4 is 0 Å². The van der Waals surface area contributed by atoms with Crippen LogP contribution in [-0.4, -0.2) is 13.9 Å². The lowest BCUT2D eigenvalue weighted by Crippen LogP contribution is -2.27. The van der Waals surface area contributed by atoms with Crippen LogP contribution in [0, 0.1) is 34.9 Å². The highest BCUT2D eigenvalue weighted by atomic mass is 32.3. The molecule has 0 saturated heterocycles. The zero-order chi connectivity index (χ0) is 24.8. The van der Waals surface area contributed by atoms with Gasteiger partial charge in [-0.05, 0) is 46.7 Å². The van der Waals surface area contributed by atoms with Crippen molar-refractivity contribution in [1.29, 1.82) is 0 Å². The van der Waals surface area contributed by atoms with Crippen LogP contribution >= 0.6 is 10.3 Å². The fourth-order valence-corrected chi connectivity index (χ4v) is 7.60. The van der Waals surface area contributed by atoms with Gasteiger partial charge in [0.25, 0.3) is 0 Å². The van der Waals surface area contributed by atoms with Crippen molar-refractivity contribution in [2.24, 2.45) is 0 Å². The van der Waals surface area contributed by atoms with Gasteiger partial charge in [-0.15, -0.1) is 0 Å². The molecule has 0 aliphatic carbocycles. The molecule has 3 aromatic rings. The minimum absolute atomic E-state index is 0.254. The molecule has 0 spiro atoms. The Bertz CT molecular complexity index is 1140. The van der Waals surface area contributed by atoms with Gasteiger partial charge in [-0.25, -0.2) is 26.3 Å². The first-order valence-corrected chi connectivity index (χ1v) is 11.3. The number of rotatable bonds is 5. The lowest BCUT2D eigenvalue weighted by atomic mass is 10.3. The van der Waals surface area contributed by atoms with E-state index in [-0.39, 0.29) is 18.2 Å². The van der Waals surface area contributed by atoms with Crippen molar-refractivity contribution in [3.63, 3.8) is 0 Å². The van der Waals surface area contributed by atoms with Crippen LogP contribution in [0.1, 0.15) is 0 Å². The van der Waals surface area contributed by atoms with E-state index >= 15 is 0 Å². The quantitative estimate of drug-likeness (QED) is 0.282. The second kappa shape index (κ2) is 8.57. The Hall–Kier alpha value is -2.71. The van der Waals surface area contributed by atoms with Crippen molar-refractivity contribution in [2.75, 3.05) is 0 Å². The molecule has 178 valence electrons. The van der Waals surface area contributed by atoms with E-state index in [0.29, 0.717) is 36.4 Å². The molecule has 0 aliphatic rings. The maximum atomic E-state index is 14.0. The first kappa shape index (κ1) is 24.9. The minimum atomic E-state index is -6.67. The molecular formula is C19H9F9O3S2. The number of hydrogen-bond acceptors (Lipinski definition) is 3. The molecule has 0 atom stereocenters. The molecular weight excluding hydrogens is 511 g/mol. The second-order valence-electron chi connectivity index (χ2n) is 6.34. The molecule has 33 heavy (non-hydrogen) atoms. The summed E-state index contributed by atoms with van der Waals surface area (Å²) < 4.78 is 152. The Kier molecular flexibility index (Phi) is 6.47. The number of alkyl halides is 3.